The highest BCUT2D eigenvalue weighted by Gasteiger charge is 2.19. The topological polar surface area (TPSA) is 34.0 Å². The Labute approximate surface area is 102 Å². The van der Waals surface area contributed by atoms with Crippen molar-refractivity contribution < 1.29 is 0 Å². The van der Waals surface area contributed by atoms with Gasteiger partial charge in [0.1, 0.15) is 0 Å². The van der Waals surface area contributed by atoms with Crippen LogP contribution in [0.4, 0.5) is 0 Å². The molecule has 1 aliphatic carbocycles. The molecule has 1 saturated heterocycles. The summed E-state index contributed by atoms with van der Waals surface area (Å²) < 4.78 is 2.04. The van der Waals surface area contributed by atoms with Gasteiger partial charge in [0.15, 0.2) is 0 Å². The normalized spacial score (nSPS) is 23.6. The lowest BCUT2D eigenvalue weighted by Crippen LogP contribution is -2.35. The molecule has 0 aromatic carbocycles. The van der Waals surface area contributed by atoms with E-state index in [1.54, 1.807) is 6.07 Å². The average molecular weight is 232 g/mol. The van der Waals surface area contributed by atoms with Crippen molar-refractivity contribution in [2.75, 3.05) is 13.1 Å². The van der Waals surface area contributed by atoms with Crippen molar-refractivity contribution in [1.82, 2.24) is 9.88 Å². The lowest BCUT2D eigenvalue weighted by Gasteiger charge is -2.24. The van der Waals surface area contributed by atoms with Crippen molar-refractivity contribution in [2.45, 2.75) is 38.6 Å². The van der Waals surface area contributed by atoms with Gasteiger partial charge in [-0.15, -0.1) is 0 Å². The minimum absolute atomic E-state index is 0.191. The summed E-state index contributed by atoms with van der Waals surface area (Å²) in [5.74, 6) is 0.633. The summed E-state index contributed by atoms with van der Waals surface area (Å²) in [7, 11) is 0. The second-order valence-corrected chi connectivity index (χ2v) is 5.32. The SMILES string of the molecule is O=c1ccc2c(n1CC1CCCNC1)CCC2. The molecule has 17 heavy (non-hydrogen) atoms. The first kappa shape index (κ1) is 11.0. The van der Waals surface area contributed by atoms with E-state index in [9.17, 15) is 4.79 Å². The molecule has 1 fully saturated rings. The van der Waals surface area contributed by atoms with Crippen molar-refractivity contribution in [3.8, 4) is 0 Å². The quantitative estimate of drug-likeness (QED) is 0.835. The third-order valence-corrected chi connectivity index (χ3v) is 4.09. The fourth-order valence-corrected chi connectivity index (χ4v) is 3.17. The fourth-order valence-electron chi connectivity index (χ4n) is 3.17. The van der Waals surface area contributed by atoms with Gasteiger partial charge in [-0.2, -0.15) is 0 Å². The number of nitrogens with zero attached hydrogens (tertiary/aromatic N) is 1. The lowest BCUT2D eigenvalue weighted by atomic mass is 9.99. The minimum Gasteiger partial charge on any atom is -0.316 e. The third-order valence-electron chi connectivity index (χ3n) is 4.09. The largest absolute Gasteiger partial charge is 0.316 e. The molecule has 0 spiro atoms. The number of hydrogen-bond donors (Lipinski definition) is 1. The van der Waals surface area contributed by atoms with Gasteiger partial charge in [-0.25, -0.2) is 0 Å². The molecule has 3 nitrogen and oxygen atoms in total. The fraction of sp³-hybridized carbons (Fsp3) is 0.643. The van der Waals surface area contributed by atoms with Crippen molar-refractivity contribution in [2.24, 2.45) is 5.92 Å². The number of aryl methyl sites for hydroxylation is 1. The Morgan fingerprint density at radius 2 is 2.24 bits per heavy atom. The van der Waals surface area contributed by atoms with E-state index in [4.69, 9.17) is 0 Å². The second-order valence-electron chi connectivity index (χ2n) is 5.32. The molecule has 1 atom stereocenters. The molecular weight excluding hydrogens is 212 g/mol. The first-order valence-corrected chi connectivity index (χ1v) is 6.77. The Morgan fingerprint density at radius 1 is 1.29 bits per heavy atom. The number of pyridine rings is 1. The van der Waals surface area contributed by atoms with E-state index in [2.05, 4.69) is 5.32 Å². The number of fused-ring (bicyclic) bond motifs is 1. The van der Waals surface area contributed by atoms with Gasteiger partial charge >= 0.3 is 0 Å². The summed E-state index contributed by atoms with van der Waals surface area (Å²) in [6, 6.07) is 3.78. The summed E-state index contributed by atoms with van der Waals surface area (Å²) in [6.07, 6.45) is 5.95. The van der Waals surface area contributed by atoms with E-state index in [1.807, 2.05) is 10.6 Å². The van der Waals surface area contributed by atoms with Crippen LogP contribution in [-0.4, -0.2) is 17.7 Å². The third kappa shape index (κ3) is 2.16. The molecule has 1 N–H and O–H groups in total. The van der Waals surface area contributed by atoms with Gasteiger partial charge in [0.25, 0.3) is 5.56 Å². The van der Waals surface area contributed by atoms with Gasteiger partial charge in [0, 0.05) is 18.3 Å². The van der Waals surface area contributed by atoms with Gasteiger partial charge in [0.05, 0.1) is 0 Å². The Bertz CT molecular complexity index is 458. The highest BCUT2D eigenvalue weighted by atomic mass is 16.1. The summed E-state index contributed by atoms with van der Waals surface area (Å²) in [5, 5.41) is 3.43. The Balaban J connectivity index is 1.86. The summed E-state index contributed by atoms with van der Waals surface area (Å²) in [6.45, 7) is 3.11. The van der Waals surface area contributed by atoms with Crippen LogP contribution in [0.25, 0.3) is 0 Å². The van der Waals surface area contributed by atoms with Crippen LogP contribution in [0, 0.1) is 5.92 Å². The van der Waals surface area contributed by atoms with Crippen LogP contribution < -0.4 is 10.9 Å². The van der Waals surface area contributed by atoms with E-state index in [-0.39, 0.29) is 5.56 Å². The maximum Gasteiger partial charge on any atom is 0.250 e. The molecule has 3 rings (SSSR count). The summed E-state index contributed by atoms with van der Waals surface area (Å²) in [5.41, 5.74) is 2.90. The predicted molar refractivity (Wildman–Crippen MR) is 68.3 cm³/mol. The molecule has 0 saturated carbocycles. The van der Waals surface area contributed by atoms with Crippen LogP contribution in [-0.2, 0) is 19.4 Å². The minimum atomic E-state index is 0.191. The second kappa shape index (κ2) is 4.65. The number of nitrogens with one attached hydrogen (secondary N) is 1. The van der Waals surface area contributed by atoms with Crippen LogP contribution in [0.15, 0.2) is 16.9 Å². The molecule has 2 heterocycles. The molecule has 1 aromatic heterocycles. The van der Waals surface area contributed by atoms with Crippen LogP contribution in [0.1, 0.15) is 30.5 Å². The zero-order valence-corrected chi connectivity index (χ0v) is 10.2. The molecule has 3 heteroatoms. The number of aromatic nitrogens is 1. The van der Waals surface area contributed by atoms with Gasteiger partial charge < -0.3 is 9.88 Å². The maximum absolute atomic E-state index is 12.0. The molecule has 1 aliphatic heterocycles. The van der Waals surface area contributed by atoms with E-state index < -0.39 is 0 Å². The van der Waals surface area contributed by atoms with E-state index in [0.29, 0.717) is 5.92 Å². The Kier molecular flexibility index (Phi) is 3.02. The lowest BCUT2D eigenvalue weighted by molar-refractivity contribution is 0.330. The first-order valence-electron chi connectivity index (χ1n) is 6.77. The van der Waals surface area contributed by atoms with Gasteiger partial charge in [-0.05, 0) is 56.7 Å². The molecule has 1 aromatic rings. The van der Waals surface area contributed by atoms with E-state index in [1.165, 1.54) is 30.5 Å². The van der Waals surface area contributed by atoms with Crippen molar-refractivity contribution in [1.29, 1.82) is 0 Å². The predicted octanol–water partition coefficient (Wildman–Crippen LogP) is 1.34. The molecular formula is C14H20N2O. The van der Waals surface area contributed by atoms with Crippen LogP contribution >= 0.6 is 0 Å². The monoisotopic (exact) mass is 232 g/mol. The highest BCUT2D eigenvalue weighted by molar-refractivity contribution is 5.25. The van der Waals surface area contributed by atoms with Gasteiger partial charge in [0.2, 0.25) is 0 Å². The standard InChI is InChI=1S/C14H20N2O/c17-14-7-6-12-4-1-5-13(12)16(14)10-11-3-2-8-15-9-11/h6-7,11,15H,1-5,8-10H2. The Hall–Kier alpha value is -1.09. The summed E-state index contributed by atoms with van der Waals surface area (Å²) >= 11 is 0. The number of hydrogen-bond acceptors (Lipinski definition) is 2. The zero-order chi connectivity index (χ0) is 11.7. The molecule has 0 bridgehead atoms. The molecule has 0 amide bonds. The zero-order valence-electron chi connectivity index (χ0n) is 10.2. The van der Waals surface area contributed by atoms with Crippen LogP contribution in [0.2, 0.25) is 0 Å². The highest BCUT2D eigenvalue weighted by Crippen LogP contribution is 2.21. The first-order chi connectivity index (χ1) is 8.34. The average Bonchev–Trinajstić information content (AvgIpc) is 2.83. The molecule has 2 aliphatic rings. The molecule has 92 valence electrons. The molecule has 0 radical (unpaired) electrons. The van der Waals surface area contributed by atoms with Crippen LogP contribution in [0.3, 0.4) is 0 Å². The Morgan fingerprint density at radius 3 is 3.06 bits per heavy atom. The van der Waals surface area contributed by atoms with Gasteiger partial charge in [-0.1, -0.05) is 6.07 Å². The van der Waals surface area contributed by atoms with Gasteiger partial charge in [-0.3, -0.25) is 4.79 Å². The smallest absolute Gasteiger partial charge is 0.250 e. The maximum atomic E-state index is 12.0. The van der Waals surface area contributed by atoms with Crippen molar-refractivity contribution in [3.05, 3.63) is 33.7 Å². The number of rotatable bonds is 2. The van der Waals surface area contributed by atoms with Crippen molar-refractivity contribution >= 4 is 0 Å². The van der Waals surface area contributed by atoms with Crippen LogP contribution in [0.5, 0.6) is 0 Å². The van der Waals surface area contributed by atoms with E-state index >= 15 is 0 Å². The van der Waals surface area contributed by atoms with E-state index in [0.717, 1.165) is 32.5 Å². The molecule has 1 unspecified atom stereocenters. The van der Waals surface area contributed by atoms with Crippen molar-refractivity contribution in [3.63, 3.8) is 0 Å². The summed E-state index contributed by atoms with van der Waals surface area (Å²) in [4.78, 5) is 12.0. The number of piperidine rings is 1.